The summed E-state index contributed by atoms with van der Waals surface area (Å²) in [7, 11) is 0. The molecule has 0 saturated carbocycles. The van der Waals surface area contributed by atoms with Crippen molar-refractivity contribution in [2.75, 3.05) is 24.5 Å². The lowest BCUT2D eigenvalue weighted by molar-refractivity contribution is 0.0951. The number of benzene rings is 2. The molecular formula is C23H23ClN4O. The Morgan fingerprint density at radius 3 is 2.72 bits per heavy atom. The highest BCUT2D eigenvalue weighted by Crippen LogP contribution is 2.21. The Labute approximate surface area is 175 Å². The van der Waals surface area contributed by atoms with Gasteiger partial charge in [-0.2, -0.15) is 0 Å². The molecule has 0 radical (unpaired) electrons. The van der Waals surface area contributed by atoms with Gasteiger partial charge in [-0.1, -0.05) is 54.1 Å². The number of piperazine rings is 1. The van der Waals surface area contributed by atoms with E-state index in [0.29, 0.717) is 17.1 Å². The minimum Gasteiger partial charge on any atom is -0.353 e. The molecule has 1 aliphatic heterocycles. The van der Waals surface area contributed by atoms with E-state index in [2.05, 4.69) is 44.8 Å². The average molecular weight is 407 g/mol. The van der Waals surface area contributed by atoms with Crippen LogP contribution in [-0.4, -0.2) is 30.5 Å². The third-order valence-electron chi connectivity index (χ3n) is 5.08. The van der Waals surface area contributed by atoms with Crippen molar-refractivity contribution in [3.8, 4) is 0 Å². The second-order valence-electron chi connectivity index (χ2n) is 7.08. The van der Waals surface area contributed by atoms with Gasteiger partial charge in [0.1, 0.15) is 5.82 Å². The van der Waals surface area contributed by atoms with E-state index in [-0.39, 0.29) is 11.9 Å². The van der Waals surface area contributed by atoms with E-state index in [9.17, 15) is 4.79 Å². The first kappa shape index (κ1) is 19.4. The van der Waals surface area contributed by atoms with Crippen molar-refractivity contribution in [2.45, 2.75) is 12.6 Å². The van der Waals surface area contributed by atoms with Gasteiger partial charge < -0.3 is 15.5 Å². The molecule has 2 N–H and O–H groups in total. The van der Waals surface area contributed by atoms with Crippen LogP contribution < -0.4 is 15.5 Å². The molecule has 1 atom stereocenters. The lowest BCUT2D eigenvalue weighted by Crippen LogP contribution is -2.46. The second kappa shape index (κ2) is 9.07. The molecule has 2 heterocycles. The Morgan fingerprint density at radius 2 is 1.93 bits per heavy atom. The molecule has 1 amide bonds. The molecule has 1 fully saturated rings. The highest BCUT2D eigenvalue weighted by Gasteiger charge is 2.22. The van der Waals surface area contributed by atoms with Crippen LogP contribution in [0.5, 0.6) is 0 Å². The summed E-state index contributed by atoms with van der Waals surface area (Å²) < 4.78 is 0. The SMILES string of the molecule is O=C(NCc1ccc(Cl)cc1)c1ccnc(N2CCN[C@@H](c3ccccc3)C2)c1. The molecule has 5 nitrogen and oxygen atoms in total. The van der Waals surface area contributed by atoms with Crippen LogP contribution in [0.3, 0.4) is 0 Å². The van der Waals surface area contributed by atoms with Crippen LogP contribution in [0.15, 0.2) is 72.9 Å². The monoisotopic (exact) mass is 406 g/mol. The Morgan fingerprint density at radius 1 is 1.14 bits per heavy atom. The summed E-state index contributed by atoms with van der Waals surface area (Å²) in [4.78, 5) is 19.3. The molecule has 29 heavy (non-hydrogen) atoms. The van der Waals surface area contributed by atoms with Crippen LogP contribution in [0.25, 0.3) is 0 Å². The number of nitrogens with zero attached hydrogens (tertiary/aromatic N) is 2. The number of aromatic nitrogens is 1. The first-order valence-corrected chi connectivity index (χ1v) is 10.1. The number of nitrogens with one attached hydrogen (secondary N) is 2. The van der Waals surface area contributed by atoms with E-state index >= 15 is 0 Å². The zero-order chi connectivity index (χ0) is 20.1. The van der Waals surface area contributed by atoms with Gasteiger partial charge in [-0.25, -0.2) is 4.98 Å². The van der Waals surface area contributed by atoms with Crippen LogP contribution in [0, 0.1) is 0 Å². The van der Waals surface area contributed by atoms with Crippen LogP contribution in [0.4, 0.5) is 5.82 Å². The fourth-order valence-corrected chi connectivity index (χ4v) is 3.61. The van der Waals surface area contributed by atoms with Crippen LogP contribution >= 0.6 is 11.6 Å². The zero-order valence-electron chi connectivity index (χ0n) is 16.0. The van der Waals surface area contributed by atoms with Crippen LogP contribution in [-0.2, 0) is 6.54 Å². The molecule has 0 spiro atoms. The highest BCUT2D eigenvalue weighted by atomic mass is 35.5. The number of rotatable bonds is 5. The number of amides is 1. The topological polar surface area (TPSA) is 57.3 Å². The number of halogens is 1. The highest BCUT2D eigenvalue weighted by molar-refractivity contribution is 6.30. The molecule has 0 unspecified atom stereocenters. The summed E-state index contributed by atoms with van der Waals surface area (Å²) in [6.07, 6.45) is 1.70. The van der Waals surface area contributed by atoms with E-state index in [1.165, 1.54) is 5.56 Å². The van der Waals surface area contributed by atoms with Crippen LogP contribution in [0.1, 0.15) is 27.5 Å². The van der Waals surface area contributed by atoms with Gasteiger partial charge in [0, 0.05) is 49.0 Å². The number of pyridine rings is 1. The van der Waals surface area contributed by atoms with Crippen molar-refractivity contribution >= 4 is 23.3 Å². The Bertz CT molecular complexity index is 962. The number of carbonyl (C=O) groups excluding carboxylic acids is 1. The van der Waals surface area contributed by atoms with Gasteiger partial charge in [0.05, 0.1) is 0 Å². The predicted octanol–water partition coefficient (Wildman–Crippen LogP) is 3.82. The minimum atomic E-state index is -0.113. The van der Waals surface area contributed by atoms with Gasteiger partial charge in [-0.05, 0) is 35.4 Å². The summed E-state index contributed by atoms with van der Waals surface area (Å²) in [5.41, 5.74) is 2.87. The van der Waals surface area contributed by atoms with Gasteiger partial charge in [0.25, 0.3) is 5.91 Å². The fraction of sp³-hybridized carbons (Fsp3) is 0.217. The molecule has 1 saturated heterocycles. The van der Waals surface area contributed by atoms with Crippen molar-refractivity contribution in [1.82, 2.24) is 15.6 Å². The first-order valence-electron chi connectivity index (χ1n) is 9.71. The molecule has 0 aliphatic carbocycles. The van der Waals surface area contributed by atoms with E-state index in [4.69, 9.17) is 11.6 Å². The van der Waals surface area contributed by atoms with Crippen LogP contribution in [0.2, 0.25) is 5.02 Å². The Hall–Kier alpha value is -2.89. The van der Waals surface area contributed by atoms with E-state index in [1.54, 1.807) is 12.3 Å². The summed E-state index contributed by atoms with van der Waals surface area (Å²) in [5, 5.41) is 7.20. The quantitative estimate of drug-likeness (QED) is 0.676. The molecular weight excluding hydrogens is 384 g/mol. The predicted molar refractivity (Wildman–Crippen MR) is 116 cm³/mol. The third kappa shape index (κ3) is 4.94. The Kier molecular flexibility index (Phi) is 6.08. The van der Waals surface area contributed by atoms with Crippen molar-refractivity contribution in [3.05, 3.63) is 94.6 Å². The summed E-state index contributed by atoms with van der Waals surface area (Å²) in [6, 6.07) is 21.7. The molecule has 2 aromatic carbocycles. The first-order chi connectivity index (χ1) is 14.2. The van der Waals surface area contributed by atoms with Gasteiger partial charge in [0.2, 0.25) is 0 Å². The lowest BCUT2D eigenvalue weighted by atomic mass is 10.0. The number of hydrogen-bond donors (Lipinski definition) is 2. The Balaban J connectivity index is 1.42. The van der Waals surface area contributed by atoms with E-state index in [0.717, 1.165) is 31.0 Å². The zero-order valence-corrected chi connectivity index (χ0v) is 16.8. The molecule has 6 heteroatoms. The van der Waals surface area contributed by atoms with E-state index in [1.807, 2.05) is 36.4 Å². The van der Waals surface area contributed by atoms with Gasteiger partial charge >= 0.3 is 0 Å². The second-order valence-corrected chi connectivity index (χ2v) is 7.51. The molecule has 148 valence electrons. The smallest absolute Gasteiger partial charge is 0.251 e. The third-order valence-corrected chi connectivity index (χ3v) is 5.33. The fourth-order valence-electron chi connectivity index (χ4n) is 3.49. The largest absolute Gasteiger partial charge is 0.353 e. The van der Waals surface area contributed by atoms with E-state index < -0.39 is 0 Å². The van der Waals surface area contributed by atoms with Crippen molar-refractivity contribution < 1.29 is 4.79 Å². The maximum Gasteiger partial charge on any atom is 0.251 e. The standard InChI is InChI=1S/C23H23ClN4O/c24-20-8-6-17(7-9-20)15-27-23(29)19-10-11-26-22(14-19)28-13-12-25-21(16-28)18-4-2-1-3-5-18/h1-11,14,21,25H,12-13,15-16H2,(H,27,29)/t21-/m1/s1. The summed E-state index contributed by atoms with van der Waals surface area (Å²) in [6.45, 7) is 2.99. The van der Waals surface area contributed by atoms with Gasteiger partial charge in [0.15, 0.2) is 0 Å². The maximum absolute atomic E-state index is 12.6. The van der Waals surface area contributed by atoms with Gasteiger partial charge in [-0.3, -0.25) is 4.79 Å². The molecule has 1 aromatic heterocycles. The summed E-state index contributed by atoms with van der Waals surface area (Å²) in [5.74, 6) is 0.713. The summed E-state index contributed by atoms with van der Waals surface area (Å²) >= 11 is 5.91. The maximum atomic E-state index is 12.6. The van der Waals surface area contributed by atoms with Crippen molar-refractivity contribution in [3.63, 3.8) is 0 Å². The molecule has 4 rings (SSSR count). The molecule has 0 bridgehead atoms. The number of anilines is 1. The lowest BCUT2D eigenvalue weighted by Gasteiger charge is -2.34. The van der Waals surface area contributed by atoms with Crippen molar-refractivity contribution in [1.29, 1.82) is 0 Å². The average Bonchev–Trinajstić information content (AvgIpc) is 2.79. The molecule has 3 aromatic rings. The molecule has 1 aliphatic rings. The normalized spacial score (nSPS) is 16.4. The number of hydrogen-bond acceptors (Lipinski definition) is 4. The number of carbonyl (C=O) groups is 1. The van der Waals surface area contributed by atoms with Crippen molar-refractivity contribution in [2.24, 2.45) is 0 Å². The minimum absolute atomic E-state index is 0.113. The van der Waals surface area contributed by atoms with Gasteiger partial charge in [-0.15, -0.1) is 0 Å².